The average Bonchev–Trinajstić information content (AvgIpc) is 3.12. The van der Waals surface area contributed by atoms with Crippen molar-refractivity contribution in [2.24, 2.45) is 0 Å². The Morgan fingerprint density at radius 3 is 2.76 bits per heavy atom. The molecule has 1 fully saturated rings. The van der Waals surface area contributed by atoms with Gasteiger partial charge >= 0.3 is 0 Å². The van der Waals surface area contributed by atoms with E-state index in [2.05, 4.69) is 53.9 Å². The highest BCUT2D eigenvalue weighted by Gasteiger charge is 2.27. The van der Waals surface area contributed by atoms with Crippen LogP contribution in [0.15, 0.2) is 41.6 Å². The Morgan fingerprint density at radius 2 is 2.08 bits per heavy atom. The quantitative estimate of drug-likeness (QED) is 0.755. The van der Waals surface area contributed by atoms with E-state index in [4.69, 9.17) is 0 Å². The number of hydrogen-bond acceptors (Lipinski definition) is 3. The molecule has 5 heteroatoms. The lowest BCUT2D eigenvalue weighted by Gasteiger charge is -2.33. The number of thioether (sulfide) groups is 1. The summed E-state index contributed by atoms with van der Waals surface area (Å²) in [7, 11) is 0. The van der Waals surface area contributed by atoms with Gasteiger partial charge in [0.2, 0.25) is 5.91 Å². The van der Waals surface area contributed by atoms with E-state index in [1.54, 1.807) is 11.8 Å². The van der Waals surface area contributed by atoms with Crippen LogP contribution in [0.1, 0.15) is 50.0 Å². The number of likely N-dealkylation sites (tertiary alicyclic amines) is 1. The highest BCUT2D eigenvalue weighted by molar-refractivity contribution is 7.98. The van der Waals surface area contributed by atoms with Crippen molar-refractivity contribution in [2.75, 3.05) is 19.3 Å². The molecule has 0 N–H and O–H groups in total. The number of carbonyl (C=O) groups excluding carboxylic acids is 1. The molecule has 4 nitrogen and oxygen atoms in total. The summed E-state index contributed by atoms with van der Waals surface area (Å²) in [6, 6.07) is 8.71. The molecule has 0 aliphatic carbocycles. The summed E-state index contributed by atoms with van der Waals surface area (Å²) in [5.41, 5.74) is 1.09. The monoisotopic (exact) mass is 357 g/mol. The molecule has 0 bridgehead atoms. The van der Waals surface area contributed by atoms with Gasteiger partial charge in [0, 0.05) is 42.3 Å². The molecule has 1 aliphatic rings. The molecule has 1 aromatic heterocycles. The zero-order chi connectivity index (χ0) is 17.8. The Balaban J connectivity index is 1.66. The number of hydrogen-bond donors (Lipinski definition) is 0. The summed E-state index contributed by atoms with van der Waals surface area (Å²) in [4.78, 5) is 20.6. The fourth-order valence-corrected chi connectivity index (χ4v) is 3.93. The van der Waals surface area contributed by atoms with E-state index in [0.717, 1.165) is 37.3 Å². The minimum atomic E-state index is 0.226. The summed E-state index contributed by atoms with van der Waals surface area (Å²) in [5.74, 6) is 1.69. The van der Waals surface area contributed by atoms with Gasteiger partial charge in [-0.1, -0.05) is 12.1 Å². The van der Waals surface area contributed by atoms with Crippen LogP contribution in [0, 0.1) is 0 Å². The van der Waals surface area contributed by atoms with Crippen LogP contribution in [0.2, 0.25) is 0 Å². The molecule has 0 spiro atoms. The molecular formula is C20H27N3OS. The fourth-order valence-electron chi connectivity index (χ4n) is 3.52. The molecular weight excluding hydrogens is 330 g/mol. The maximum absolute atomic E-state index is 12.7. The summed E-state index contributed by atoms with van der Waals surface area (Å²) in [6.07, 6.45) is 8.63. The van der Waals surface area contributed by atoms with Crippen LogP contribution in [-0.2, 0) is 11.2 Å². The number of benzene rings is 1. The van der Waals surface area contributed by atoms with Gasteiger partial charge in [-0.05, 0) is 50.6 Å². The van der Waals surface area contributed by atoms with Crippen LogP contribution in [0.3, 0.4) is 0 Å². The van der Waals surface area contributed by atoms with Crippen LogP contribution < -0.4 is 0 Å². The van der Waals surface area contributed by atoms with Crippen molar-refractivity contribution in [2.45, 2.75) is 50.0 Å². The number of carbonyl (C=O) groups is 1. The highest BCUT2D eigenvalue weighted by atomic mass is 32.2. The van der Waals surface area contributed by atoms with Gasteiger partial charge in [-0.3, -0.25) is 4.79 Å². The predicted octanol–water partition coefficient (Wildman–Crippen LogP) is 4.13. The van der Waals surface area contributed by atoms with Gasteiger partial charge in [0.1, 0.15) is 5.82 Å². The third-order valence-corrected chi connectivity index (χ3v) is 5.65. The van der Waals surface area contributed by atoms with Gasteiger partial charge < -0.3 is 9.47 Å². The van der Waals surface area contributed by atoms with Crippen molar-refractivity contribution in [3.63, 3.8) is 0 Å². The second-order valence-electron chi connectivity index (χ2n) is 6.99. The molecule has 3 rings (SSSR count). The molecule has 0 unspecified atom stereocenters. The van der Waals surface area contributed by atoms with Crippen LogP contribution in [0.25, 0.3) is 0 Å². The first-order chi connectivity index (χ1) is 12.1. The van der Waals surface area contributed by atoms with Crippen LogP contribution >= 0.6 is 11.8 Å². The van der Waals surface area contributed by atoms with Gasteiger partial charge in [0.25, 0.3) is 0 Å². The van der Waals surface area contributed by atoms with Gasteiger partial charge in [-0.15, -0.1) is 11.8 Å². The standard InChI is InChI=1S/C20H27N3OS/c1-15(2)23-12-10-21-20(23)17-5-4-11-22(14-17)19(24)13-16-6-8-18(25-3)9-7-16/h6-10,12,15,17H,4-5,11,13-14H2,1-3H3/t17-/m0/s1. The van der Waals surface area contributed by atoms with E-state index >= 15 is 0 Å². The van der Waals surface area contributed by atoms with Crippen molar-refractivity contribution in [3.8, 4) is 0 Å². The van der Waals surface area contributed by atoms with Crippen LogP contribution in [0.5, 0.6) is 0 Å². The van der Waals surface area contributed by atoms with Crippen molar-refractivity contribution in [1.29, 1.82) is 0 Å². The Kier molecular flexibility index (Phi) is 5.84. The van der Waals surface area contributed by atoms with E-state index in [1.165, 1.54) is 4.90 Å². The predicted molar refractivity (Wildman–Crippen MR) is 103 cm³/mol. The molecule has 2 aromatic rings. The minimum Gasteiger partial charge on any atom is -0.342 e. The number of nitrogens with zero attached hydrogens (tertiary/aromatic N) is 3. The Labute approximate surface area is 154 Å². The second-order valence-corrected chi connectivity index (χ2v) is 7.87. The molecule has 25 heavy (non-hydrogen) atoms. The van der Waals surface area contributed by atoms with Gasteiger partial charge in [-0.2, -0.15) is 0 Å². The number of amides is 1. The van der Waals surface area contributed by atoms with Gasteiger partial charge in [0.15, 0.2) is 0 Å². The Bertz CT molecular complexity index is 708. The molecule has 1 aliphatic heterocycles. The minimum absolute atomic E-state index is 0.226. The summed E-state index contributed by atoms with van der Waals surface area (Å²) < 4.78 is 2.24. The first-order valence-corrected chi connectivity index (χ1v) is 10.2. The van der Waals surface area contributed by atoms with E-state index in [0.29, 0.717) is 18.4 Å². The maximum Gasteiger partial charge on any atom is 0.227 e. The molecule has 1 atom stereocenters. The first-order valence-electron chi connectivity index (χ1n) is 9.02. The SMILES string of the molecule is CSc1ccc(CC(=O)N2CCC[C@H](c3nccn3C(C)C)C2)cc1. The Morgan fingerprint density at radius 1 is 1.32 bits per heavy atom. The van der Waals surface area contributed by atoms with Crippen molar-refractivity contribution in [3.05, 3.63) is 48.0 Å². The average molecular weight is 358 g/mol. The van der Waals surface area contributed by atoms with Crippen molar-refractivity contribution >= 4 is 17.7 Å². The first kappa shape index (κ1) is 18.1. The van der Waals surface area contributed by atoms with E-state index in [-0.39, 0.29) is 5.91 Å². The zero-order valence-electron chi connectivity index (χ0n) is 15.3. The van der Waals surface area contributed by atoms with Crippen LogP contribution in [-0.4, -0.2) is 39.7 Å². The van der Waals surface area contributed by atoms with E-state index in [1.807, 2.05) is 17.3 Å². The number of rotatable bonds is 5. The highest BCUT2D eigenvalue weighted by Crippen LogP contribution is 2.28. The second kappa shape index (κ2) is 8.09. The summed E-state index contributed by atoms with van der Waals surface area (Å²) in [5, 5.41) is 0. The third-order valence-electron chi connectivity index (χ3n) is 4.91. The smallest absolute Gasteiger partial charge is 0.227 e. The molecule has 1 amide bonds. The van der Waals surface area contributed by atoms with E-state index < -0.39 is 0 Å². The molecule has 0 saturated carbocycles. The molecule has 134 valence electrons. The third kappa shape index (κ3) is 4.27. The number of imidazole rings is 1. The lowest BCUT2D eigenvalue weighted by molar-refractivity contribution is -0.131. The summed E-state index contributed by atoms with van der Waals surface area (Å²) >= 11 is 1.72. The Hall–Kier alpha value is -1.75. The van der Waals surface area contributed by atoms with Crippen molar-refractivity contribution in [1.82, 2.24) is 14.5 Å². The molecule has 0 radical (unpaired) electrons. The number of aromatic nitrogens is 2. The largest absolute Gasteiger partial charge is 0.342 e. The van der Waals surface area contributed by atoms with Crippen molar-refractivity contribution < 1.29 is 4.79 Å². The lowest BCUT2D eigenvalue weighted by atomic mass is 9.96. The van der Waals surface area contributed by atoms with Gasteiger partial charge in [0.05, 0.1) is 6.42 Å². The maximum atomic E-state index is 12.7. The summed E-state index contributed by atoms with van der Waals surface area (Å²) in [6.45, 7) is 6.00. The molecule has 2 heterocycles. The topological polar surface area (TPSA) is 38.1 Å². The normalized spacial score (nSPS) is 17.9. The van der Waals surface area contributed by atoms with E-state index in [9.17, 15) is 4.79 Å². The van der Waals surface area contributed by atoms with Gasteiger partial charge in [-0.25, -0.2) is 4.98 Å². The molecule has 1 aromatic carbocycles. The van der Waals surface area contributed by atoms with Crippen LogP contribution in [0.4, 0.5) is 0 Å². The fraction of sp³-hybridized carbons (Fsp3) is 0.500. The zero-order valence-corrected chi connectivity index (χ0v) is 16.1. The lowest BCUT2D eigenvalue weighted by Crippen LogP contribution is -2.40. The molecule has 1 saturated heterocycles. The number of piperidine rings is 1.